The molecule has 1 atom stereocenters. The van der Waals surface area contributed by atoms with Crippen LogP contribution in [0.15, 0.2) is 30.5 Å². The first-order valence-corrected chi connectivity index (χ1v) is 9.61. The minimum absolute atomic E-state index is 0.0673. The van der Waals surface area contributed by atoms with Crippen molar-refractivity contribution in [3.8, 4) is 22.8 Å². The number of aromatic nitrogens is 1. The zero-order valence-electron chi connectivity index (χ0n) is 15.3. The molecule has 0 saturated heterocycles. The summed E-state index contributed by atoms with van der Waals surface area (Å²) in [5, 5.41) is 12.6. The van der Waals surface area contributed by atoms with Crippen molar-refractivity contribution in [3.63, 3.8) is 0 Å². The Hall–Kier alpha value is -2.85. The van der Waals surface area contributed by atoms with Crippen molar-refractivity contribution in [2.24, 2.45) is 5.92 Å². The smallest absolute Gasteiger partial charge is 0.279 e. The molecule has 27 heavy (non-hydrogen) atoms. The van der Waals surface area contributed by atoms with Gasteiger partial charge in [-0.3, -0.25) is 4.79 Å². The highest BCUT2D eigenvalue weighted by Gasteiger charge is 2.22. The molecule has 1 aromatic carbocycles. The van der Waals surface area contributed by atoms with Gasteiger partial charge >= 0.3 is 0 Å². The summed E-state index contributed by atoms with van der Waals surface area (Å²) in [5.74, 6) is 1.71. The van der Waals surface area contributed by atoms with Crippen LogP contribution in [-0.2, 0) is 4.79 Å². The zero-order chi connectivity index (χ0) is 19.2. The van der Waals surface area contributed by atoms with Gasteiger partial charge < -0.3 is 14.8 Å². The van der Waals surface area contributed by atoms with E-state index in [-0.39, 0.29) is 11.9 Å². The van der Waals surface area contributed by atoms with Gasteiger partial charge in [-0.05, 0) is 43.9 Å². The lowest BCUT2D eigenvalue weighted by molar-refractivity contribution is -0.119. The molecule has 0 aliphatic heterocycles. The van der Waals surface area contributed by atoms with Crippen LogP contribution in [0.2, 0.25) is 0 Å². The monoisotopic (exact) mass is 383 g/mol. The molecule has 3 rings (SSSR count). The van der Waals surface area contributed by atoms with E-state index < -0.39 is 0 Å². The van der Waals surface area contributed by atoms with Gasteiger partial charge in [0.2, 0.25) is 5.91 Å². The van der Waals surface area contributed by atoms with Gasteiger partial charge in [-0.15, -0.1) is 0 Å². The third-order valence-electron chi connectivity index (χ3n) is 3.93. The van der Waals surface area contributed by atoms with Crippen molar-refractivity contribution in [3.05, 3.63) is 40.9 Å². The second-order valence-electron chi connectivity index (χ2n) is 6.50. The standard InChI is InChI=1S/C20H21N3O3S/c1-13(23-14(2)24)3-7-18-11-22-20(27-18)26-19-8-6-17(9-16(19)10-21)25-12-15-4-5-15/h3,6-9,11,13,15H,4-5,12H2,1-2H3,(H,23,24)/t13-/m0/s1. The maximum atomic E-state index is 11.0. The van der Waals surface area contributed by atoms with Gasteiger partial charge in [0.25, 0.3) is 5.19 Å². The fraction of sp³-hybridized carbons (Fsp3) is 0.350. The van der Waals surface area contributed by atoms with E-state index in [9.17, 15) is 10.1 Å². The zero-order valence-corrected chi connectivity index (χ0v) is 16.1. The molecule has 1 aliphatic rings. The number of carbonyl (C=O) groups excluding carboxylic acids is 1. The summed E-state index contributed by atoms with van der Waals surface area (Å²) >= 11 is 1.36. The number of nitrogens with one attached hydrogen (secondary N) is 1. The molecule has 2 aromatic rings. The fourth-order valence-electron chi connectivity index (χ4n) is 2.37. The second-order valence-corrected chi connectivity index (χ2v) is 7.53. The van der Waals surface area contributed by atoms with Gasteiger partial charge in [-0.2, -0.15) is 5.26 Å². The van der Waals surface area contributed by atoms with Crippen molar-refractivity contribution in [2.75, 3.05) is 6.61 Å². The van der Waals surface area contributed by atoms with Crippen LogP contribution in [0.25, 0.3) is 6.08 Å². The van der Waals surface area contributed by atoms with Gasteiger partial charge in [0, 0.05) is 25.2 Å². The number of hydrogen-bond donors (Lipinski definition) is 1. The predicted octanol–water partition coefficient (Wildman–Crippen LogP) is 4.13. The number of thiazole rings is 1. The van der Waals surface area contributed by atoms with Gasteiger partial charge in [0.05, 0.1) is 17.0 Å². The summed E-state index contributed by atoms with van der Waals surface area (Å²) in [4.78, 5) is 16.2. The van der Waals surface area contributed by atoms with Crippen molar-refractivity contribution in [1.29, 1.82) is 5.26 Å². The van der Waals surface area contributed by atoms with Crippen molar-refractivity contribution in [2.45, 2.75) is 32.7 Å². The number of rotatable bonds is 8. The van der Waals surface area contributed by atoms with E-state index in [2.05, 4.69) is 16.4 Å². The number of ether oxygens (including phenoxy) is 2. The topological polar surface area (TPSA) is 84.2 Å². The largest absolute Gasteiger partial charge is 0.493 e. The molecule has 7 heteroatoms. The molecule has 0 bridgehead atoms. The SMILES string of the molecule is CC(=O)N[C@@H](C)C=Cc1cnc(Oc2ccc(OCC3CC3)cc2C#N)s1. The van der Waals surface area contributed by atoms with E-state index in [0.717, 1.165) is 4.88 Å². The first kappa shape index (κ1) is 18.9. The molecule has 0 spiro atoms. The predicted molar refractivity (Wildman–Crippen MR) is 104 cm³/mol. The second kappa shape index (κ2) is 8.69. The molecule has 0 radical (unpaired) electrons. The third kappa shape index (κ3) is 5.83. The van der Waals surface area contributed by atoms with E-state index in [1.165, 1.54) is 31.1 Å². The fourth-order valence-corrected chi connectivity index (χ4v) is 3.06. The molecule has 1 amide bonds. The van der Waals surface area contributed by atoms with E-state index in [4.69, 9.17) is 9.47 Å². The van der Waals surface area contributed by atoms with Crippen LogP contribution in [-0.4, -0.2) is 23.5 Å². The number of amides is 1. The average molecular weight is 383 g/mol. The lowest BCUT2D eigenvalue weighted by Gasteiger charge is -2.08. The first-order chi connectivity index (χ1) is 13.0. The molecule has 1 saturated carbocycles. The van der Waals surface area contributed by atoms with Crippen LogP contribution in [0.4, 0.5) is 0 Å². The molecular weight excluding hydrogens is 362 g/mol. The number of nitrogens with zero attached hydrogens (tertiary/aromatic N) is 2. The summed E-state index contributed by atoms with van der Waals surface area (Å²) < 4.78 is 11.5. The molecular formula is C20H21N3O3S. The summed E-state index contributed by atoms with van der Waals surface area (Å²) in [6.07, 6.45) is 7.89. The number of nitriles is 1. The van der Waals surface area contributed by atoms with Crippen LogP contribution >= 0.6 is 11.3 Å². The van der Waals surface area contributed by atoms with E-state index in [1.807, 2.05) is 25.1 Å². The van der Waals surface area contributed by atoms with E-state index in [1.54, 1.807) is 18.3 Å². The Labute approximate surface area is 162 Å². The van der Waals surface area contributed by atoms with Crippen LogP contribution in [0, 0.1) is 17.2 Å². The average Bonchev–Trinajstić information content (AvgIpc) is 3.36. The Balaban J connectivity index is 1.63. The van der Waals surface area contributed by atoms with Crippen molar-refractivity contribution >= 4 is 23.3 Å². The van der Waals surface area contributed by atoms with Gasteiger partial charge in [-0.25, -0.2) is 4.98 Å². The number of hydrogen-bond acceptors (Lipinski definition) is 6. The Morgan fingerprint density at radius 2 is 2.33 bits per heavy atom. The van der Waals surface area contributed by atoms with Crippen LogP contribution in [0.5, 0.6) is 16.7 Å². The molecule has 1 N–H and O–H groups in total. The molecule has 1 heterocycles. The van der Waals surface area contributed by atoms with Crippen molar-refractivity contribution < 1.29 is 14.3 Å². The molecule has 1 fully saturated rings. The summed E-state index contributed by atoms with van der Waals surface area (Å²) in [5.41, 5.74) is 0.412. The lowest BCUT2D eigenvalue weighted by Crippen LogP contribution is -2.28. The summed E-state index contributed by atoms with van der Waals surface area (Å²) in [6, 6.07) is 7.31. The Morgan fingerprint density at radius 1 is 1.52 bits per heavy atom. The van der Waals surface area contributed by atoms with Gasteiger partial charge in [0.15, 0.2) is 0 Å². The first-order valence-electron chi connectivity index (χ1n) is 8.79. The van der Waals surface area contributed by atoms with Crippen LogP contribution in [0.1, 0.15) is 37.1 Å². The van der Waals surface area contributed by atoms with Crippen molar-refractivity contribution in [1.82, 2.24) is 10.3 Å². The Bertz CT molecular complexity index is 881. The summed E-state index contributed by atoms with van der Waals surface area (Å²) in [7, 11) is 0. The quantitative estimate of drug-likeness (QED) is 0.741. The highest BCUT2D eigenvalue weighted by Crippen LogP contribution is 2.33. The molecule has 140 valence electrons. The number of benzene rings is 1. The normalized spacial score (nSPS) is 14.6. The molecule has 6 nitrogen and oxygen atoms in total. The van der Waals surface area contributed by atoms with Gasteiger partial charge in [0.1, 0.15) is 17.6 Å². The highest BCUT2D eigenvalue weighted by molar-refractivity contribution is 7.14. The Morgan fingerprint density at radius 3 is 3.04 bits per heavy atom. The van der Waals surface area contributed by atoms with E-state index in [0.29, 0.717) is 34.8 Å². The molecule has 1 aromatic heterocycles. The summed E-state index contributed by atoms with van der Waals surface area (Å²) in [6.45, 7) is 4.07. The maximum absolute atomic E-state index is 11.0. The maximum Gasteiger partial charge on any atom is 0.279 e. The lowest BCUT2D eigenvalue weighted by atomic mass is 10.2. The van der Waals surface area contributed by atoms with Gasteiger partial charge in [-0.1, -0.05) is 17.4 Å². The van der Waals surface area contributed by atoms with Crippen LogP contribution < -0.4 is 14.8 Å². The Kier molecular flexibility index (Phi) is 6.09. The molecule has 1 aliphatic carbocycles. The van der Waals surface area contributed by atoms with E-state index >= 15 is 0 Å². The third-order valence-corrected chi connectivity index (χ3v) is 4.77. The van der Waals surface area contributed by atoms with Crippen LogP contribution in [0.3, 0.4) is 0 Å². The number of carbonyl (C=O) groups is 1. The highest BCUT2D eigenvalue weighted by atomic mass is 32.1. The minimum Gasteiger partial charge on any atom is -0.493 e. The minimum atomic E-state index is -0.0749. The molecule has 0 unspecified atom stereocenters.